The average Bonchev–Trinajstić information content (AvgIpc) is 3.04. The summed E-state index contributed by atoms with van der Waals surface area (Å²) in [6, 6.07) is 13.4. The standard InChI is InChI=1S/C19H19F2N3O/c20-16-7-4-8-17(21)18(16)19-14(11-23-24-19)10-22-12-15(25)9-13-5-2-1-3-6-13/h1-8,11,15,22,25H,9-10,12H2,(H,23,24). The molecule has 0 fully saturated rings. The van der Waals surface area contributed by atoms with Crippen molar-refractivity contribution in [3.8, 4) is 11.3 Å². The fourth-order valence-electron chi connectivity index (χ4n) is 2.73. The third kappa shape index (κ3) is 4.29. The number of H-pyrrole nitrogens is 1. The molecule has 0 radical (unpaired) electrons. The summed E-state index contributed by atoms with van der Waals surface area (Å²) in [4.78, 5) is 0. The number of rotatable bonds is 7. The molecular weight excluding hydrogens is 324 g/mol. The van der Waals surface area contributed by atoms with Gasteiger partial charge in [0.25, 0.3) is 0 Å². The Labute approximate surface area is 144 Å². The van der Waals surface area contributed by atoms with Gasteiger partial charge < -0.3 is 10.4 Å². The van der Waals surface area contributed by atoms with Crippen molar-refractivity contribution in [2.24, 2.45) is 0 Å². The quantitative estimate of drug-likeness (QED) is 0.618. The molecule has 2 aromatic carbocycles. The van der Waals surface area contributed by atoms with Gasteiger partial charge in [-0.3, -0.25) is 5.10 Å². The van der Waals surface area contributed by atoms with Crippen LogP contribution < -0.4 is 5.32 Å². The monoisotopic (exact) mass is 343 g/mol. The van der Waals surface area contributed by atoms with Gasteiger partial charge in [0.15, 0.2) is 0 Å². The number of nitrogens with zero attached hydrogens (tertiary/aromatic N) is 1. The predicted molar refractivity (Wildman–Crippen MR) is 91.8 cm³/mol. The van der Waals surface area contributed by atoms with Crippen molar-refractivity contribution in [1.82, 2.24) is 15.5 Å². The molecule has 0 amide bonds. The molecular formula is C19H19F2N3O. The topological polar surface area (TPSA) is 60.9 Å². The van der Waals surface area contributed by atoms with E-state index < -0.39 is 17.7 Å². The van der Waals surface area contributed by atoms with Gasteiger partial charge in [0.2, 0.25) is 0 Å². The lowest BCUT2D eigenvalue weighted by molar-refractivity contribution is 0.171. The molecule has 0 spiro atoms. The molecule has 0 saturated carbocycles. The SMILES string of the molecule is OC(CNCc1cn[nH]c1-c1c(F)cccc1F)Cc1ccccc1. The fraction of sp³-hybridized carbons (Fsp3) is 0.211. The molecule has 0 aliphatic carbocycles. The molecule has 4 nitrogen and oxygen atoms in total. The first-order chi connectivity index (χ1) is 12.1. The Morgan fingerprint density at radius 3 is 2.48 bits per heavy atom. The molecule has 1 heterocycles. The molecule has 6 heteroatoms. The smallest absolute Gasteiger partial charge is 0.135 e. The van der Waals surface area contributed by atoms with Gasteiger partial charge in [-0.05, 0) is 24.1 Å². The van der Waals surface area contributed by atoms with Crippen LogP contribution in [-0.4, -0.2) is 28.0 Å². The zero-order valence-electron chi connectivity index (χ0n) is 13.5. The molecule has 1 aromatic heterocycles. The lowest BCUT2D eigenvalue weighted by atomic mass is 10.1. The van der Waals surface area contributed by atoms with E-state index in [1.807, 2.05) is 30.3 Å². The van der Waals surface area contributed by atoms with Crippen LogP contribution in [0.4, 0.5) is 8.78 Å². The lowest BCUT2D eigenvalue weighted by Gasteiger charge is -2.12. The number of aromatic nitrogens is 2. The second-order valence-corrected chi connectivity index (χ2v) is 5.84. The average molecular weight is 343 g/mol. The Morgan fingerprint density at radius 2 is 1.76 bits per heavy atom. The molecule has 0 bridgehead atoms. The number of hydrogen-bond donors (Lipinski definition) is 3. The summed E-state index contributed by atoms with van der Waals surface area (Å²) in [5, 5.41) is 19.7. The van der Waals surface area contributed by atoms with Gasteiger partial charge in [-0.2, -0.15) is 5.10 Å². The maximum Gasteiger partial charge on any atom is 0.135 e. The minimum Gasteiger partial charge on any atom is -0.391 e. The first-order valence-electron chi connectivity index (χ1n) is 8.04. The van der Waals surface area contributed by atoms with Crippen LogP contribution in [0.3, 0.4) is 0 Å². The zero-order chi connectivity index (χ0) is 17.6. The Bertz CT molecular complexity index is 800. The van der Waals surface area contributed by atoms with Crippen molar-refractivity contribution in [3.63, 3.8) is 0 Å². The van der Waals surface area contributed by atoms with Crippen molar-refractivity contribution < 1.29 is 13.9 Å². The van der Waals surface area contributed by atoms with Gasteiger partial charge in [-0.15, -0.1) is 0 Å². The highest BCUT2D eigenvalue weighted by molar-refractivity contribution is 5.64. The number of benzene rings is 2. The maximum atomic E-state index is 13.9. The van der Waals surface area contributed by atoms with Crippen molar-refractivity contribution in [3.05, 3.63) is 77.5 Å². The van der Waals surface area contributed by atoms with E-state index in [1.165, 1.54) is 24.4 Å². The predicted octanol–water partition coefficient (Wildman–Crippen LogP) is 3.05. The van der Waals surface area contributed by atoms with E-state index in [4.69, 9.17) is 0 Å². The second kappa shape index (κ2) is 8.00. The van der Waals surface area contributed by atoms with Crippen LogP contribution in [0.1, 0.15) is 11.1 Å². The van der Waals surface area contributed by atoms with Crippen LogP contribution in [0.2, 0.25) is 0 Å². The number of nitrogens with one attached hydrogen (secondary N) is 2. The molecule has 0 aliphatic heterocycles. The van der Waals surface area contributed by atoms with Gasteiger partial charge in [-0.25, -0.2) is 8.78 Å². The minimum absolute atomic E-state index is 0.123. The van der Waals surface area contributed by atoms with Crippen molar-refractivity contribution in [1.29, 1.82) is 0 Å². The van der Waals surface area contributed by atoms with Gasteiger partial charge >= 0.3 is 0 Å². The Kier molecular flexibility index (Phi) is 5.53. The molecule has 1 unspecified atom stereocenters. The van der Waals surface area contributed by atoms with Crippen molar-refractivity contribution in [2.45, 2.75) is 19.1 Å². The minimum atomic E-state index is -0.644. The van der Waals surface area contributed by atoms with Crippen LogP contribution in [0, 0.1) is 11.6 Å². The molecule has 3 N–H and O–H groups in total. The summed E-state index contributed by atoms with van der Waals surface area (Å²) in [6.07, 6.45) is 1.51. The molecule has 3 rings (SSSR count). The number of aliphatic hydroxyl groups excluding tert-OH is 1. The van der Waals surface area contributed by atoms with Crippen LogP contribution in [0.15, 0.2) is 54.7 Å². The first-order valence-corrected chi connectivity index (χ1v) is 8.04. The Hall–Kier alpha value is -2.57. The van der Waals surface area contributed by atoms with Gasteiger partial charge in [-0.1, -0.05) is 36.4 Å². The van der Waals surface area contributed by atoms with E-state index in [2.05, 4.69) is 15.5 Å². The van der Waals surface area contributed by atoms with E-state index in [9.17, 15) is 13.9 Å². The van der Waals surface area contributed by atoms with Gasteiger partial charge in [0, 0.05) is 18.7 Å². The van der Waals surface area contributed by atoms with Crippen LogP contribution >= 0.6 is 0 Å². The number of halogens is 2. The summed E-state index contributed by atoms with van der Waals surface area (Å²) >= 11 is 0. The molecule has 130 valence electrons. The van der Waals surface area contributed by atoms with Crippen LogP contribution in [0.5, 0.6) is 0 Å². The Morgan fingerprint density at radius 1 is 1.04 bits per heavy atom. The molecule has 3 aromatic rings. The number of aromatic amines is 1. The van der Waals surface area contributed by atoms with E-state index in [0.29, 0.717) is 30.8 Å². The summed E-state index contributed by atoms with van der Waals surface area (Å²) in [5.74, 6) is -1.29. The number of aliphatic hydroxyl groups is 1. The maximum absolute atomic E-state index is 13.9. The largest absolute Gasteiger partial charge is 0.391 e. The highest BCUT2D eigenvalue weighted by atomic mass is 19.1. The van der Waals surface area contributed by atoms with Crippen LogP contribution in [-0.2, 0) is 13.0 Å². The third-order valence-electron chi connectivity index (χ3n) is 3.94. The summed E-state index contributed by atoms with van der Waals surface area (Å²) in [7, 11) is 0. The second-order valence-electron chi connectivity index (χ2n) is 5.84. The summed E-state index contributed by atoms with van der Waals surface area (Å²) in [5.41, 5.74) is 1.87. The van der Waals surface area contributed by atoms with Gasteiger partial charge in [0.05, 0.1) is 23.6 Å². The molecule has 0 saturated heterocycles. The lowest BCUT2D eigenvalue weighted by Crippen LogP contribution is -2.28. The van der Waals surface area contributed by atoms with E-state index in [1.54, 1.807) is 0 Å². The van der Waals surface area contributed by atoms with Crippen molar-refractivity contribution >= 4 is 0 Å². The first kappa shape index (κ1) is 17.3. The summed E-state index contributed by atoms with van der Waals surface area (Å²) in [6.45, 7) is 0.699. The van der Waals surface area contributed by atoms with Crippen LogP contribution in [0.25, 0.3) is 11.3 Å². The highest BCUT2D eigenvalue weighted by Crippen LogP contribution is 2.26. The summed E-state index contributed by atoms with van der Waals surface area (Å²) < 4.78 is 27.9. The molecule has 1 atom stereocenters. The third-order valence-corrected chi connectivity index (χ3v) is 3.94. The van der Waals surface area contributed by atoms with Crippen molar-refractivity contribution in [2.75, 3.05) is 6.54 Å². The molecule has 0 aliphatic rings. The van der Waals surface area contributed by atoms with E-state index in [-0.39, 0.29) is 5.56 Å². The Balaban J connectivity index is 1.61. The normalized spacial score (nSPS) is 12.3. The van der Waals surface area contributed by atoms with E-state index in [0.717, 1.165) is 5.56 Å². The fourth-order valence-corrected chi connectivity index (χ4v) is 2.73. The highest BCUT2D eigenvalue weighted by Gasteiger charge is 2.16. The van der Waals surface area contributed by atoms with Gasteiger partial charge in [0.1, 0.15) is 11.6 Å². The molecule has 25 heavy (non-hydrogen) atoms. The van der Waals surface area contributed by atoms with E-state index >= 15 is 0 Å². The zero-order valence-corrected chi connectivity index (χ0v) is 13.5. The number of hydrogen-bond acceptors (Lipinski definition) is 3.